The highest BCUT2D eigenvalue weighted by atomic mass is 32.1. The van der Waals surface area contributed by atoms with Crippen molar-refractivity contribution < 1.29 is 14.7 Å². The zero-order valence-corrected chi connectivity index (χ0v) is 15.2. The van der Waals surface area contributed by atoms with Crippen LogP contribution in [0.2, 0.25) is 0 Å². The first kappa shape index (κ1) is 18.1. The van der Waals surface area contributed by atoms with Crippen molar-refractivity contribution in [2.75, 3.05) is 5.32 Å². The van der Waals surface area contributed by atoms with Gasteiger partial charge in [0.05, 0.1) is 5.92 Å². The second-order valence-electron chi connectivity index (χ2n) is 6.57. The van der Waals surface area contributed by atoms with Gasteiger partial charge in [0.15, 0.2) is 5.13 Å². The van der Waals surface area contributed by atoms with Gasteiger partial charge >= 0.3 is 5.97 Å². The number of amides is 1. The highest BCUT2D eigenvalue weighted by Crippen LogP contribution is 2.33. The fourth-order valence-electron chi connectivity index (χ4n) is 3.30. The van der Waals surface area contributed by atoms with Crippen LogP contribution < -0.4 is 5.32 Å². The van der Waals surface area contributed by atoms with Crippen molar-refractivity contribution in [3.63, 3.8) is 0 Å². The molecule has 1 fully saturated rings. The van der Waals surface area contributed by atoms with Crippen molar-refractivity contribution in [2.24, 2.45) is 11.8 Å². The van der Waals surface area contributed by atoms with Gasteiger partial charge in [-0.25, -0.2) is 4.98 Å². The molecule has 0 aliphatic heterocycles. The van der Waals surface area contributed by atoms with Gasteiger partial charge in [0, 0.05) is 11.5 Å². The van der Waals surface area contributed by atoms with E-state index < -0.39 is 11.9 Å². The van der Waals surface area contributed by atoms with Crippen LogP contribution in [0.5, 0.6) is 0 Å². The molecule has 1 aromatic heterocycles. The minimum Gasteiger partial charge on any atom is -0.481 e. The summed E-state index contributed by atoms with van der Waals surface area (Å²) in [5, 5.41) is 21.7. The van der Waals surface area contributed by atoms with Gasteiger partial charge in [-0.05, 0) is 32.3 Å². The Bertz CT molecular complexity index is 884. The Morgan fingerprint density at radius 2 is 2.12 bits per heavy atom. The van der Waals surface area contributed by atoms with E-state index in [0.29, 0.717) is 35.0 Å². The Morgan fingerprint density at radius 1 is 1.35 bits per heavy atom. The van der Waals surface area contributed by atoms with Crippen LogP contribution in [-0.2, 0) is 9.59 Å². The first-order chi connectivity index (χ1) is 12.5. The largest absolute Gasteiger partial charge is 0.481 e. The van der Waals surface area contributed by atoms with E-state index in [2.05, 4.69) is 16.4 Å². The molecule has 1 amide bonds. The first-order valence-corrected chi connectivity index (χ1v) is 9.31. The zero-order valence-electron chi connectivity index (χ0n) is 14.4. The molecule has 134 valence electrons. The third-order valence-electron chi connectivity index (χ3n) is 4.64. The number of carbonyl (C=O) groups excluding carboxylic acids is 1. The number of thiazole rings is 1. The zero-order chi connectivity index (χ0) is 18.7. The maximum absolute atomic E-state index is 12.5. The molecular formula is C19H19N3O3S. The average molecular weight is 369 g/mol. The van der Waals surface area contributed by atoms with Gasteiger partial charge in [0.2, 0.25) is 5.91 Å². The molecule has 1 aromatic carbocycles. The van der Waals surface area contributed by atoms with E-state index in [1.807, 2.05) is 31.2 Å². The van der Waals surface area contributed by atoms with Crippen LogP contribution in [0.3, 0.4) is 0 Å². The predicted molar refractivity (Wildman–Crippen MR) is 98.7 cm³/mol. The van der Waals surface area contributed by atoms with Crippen LogP contribution in [0, 0.1) is 30.1 Å². The number of carboxylic acids is 1. The summed E-state index contributed by atoms with van der Waals surface area (Å²) >= 11 is 1.14. The number of carbonyl (C=O) groups is 2. The minimum absolute atomic E-state index is 0.218. The molecule has 0 bridgehead atoms. The van der Waals surface area contributed by atoms with Crippen LogP contribution in [0.25, 0.3) is 11.3 Å². The fraction of sp³-hybridized carbons (Fsp3) is 0.368. The molecule has 7 heteroatoms. The van der Waals surface area contributed by atoms with E-state index in [-0.39, 0.29) is 11.8 Å². The van der Waals surface area contributed by atoms with Crippen molar-refractivity contribution in [2.45, 2.75) is 32.6 Å². The van der Waals surface area contributed by atoms with Gasteiger partial charge in [0.25, 0.3) is 0 Å². The van der Waals surface area contributed by atoms with Crippen LogP contribution in [0.15, 0.2) is 24.3 Å². The highest BCUT2D eigenvalue weighted by Gasteiger charge is 2.31. The second kappa shape index (κ2) is 7.67. The lowest BCUT2D eigenvalue weighted by atomic mass is 9.81. The van der Waals surface area contributed by atoms with Gasteiger partial charge < -0.3 is 10.4 Å². The number of hydrogen-bond donors (Lipinski definition) is 2. The maximum Gasteiger partial charge on any atom is 0.306 e. The summed E-state index contributed by atoms with van der Waals surface area (Å²) in [6.45, 7) is 1.96. The molecule has 1 aliphatic rings. The molecule has 0 radical (unpaired) electrons. The molecule has 26 heavy (non-hydrogen) atoms. The van der Waals surface area contributed by atoms with Crippen molar-refractivity contribution >= 4 is 28.3 Å². The van der Waals surface area contributed by atoms with Crippen molar-refractivity contribution in [3.05, 3.63) is 34.7 Å². The predicted octanol–water partition coefficient (Wildman–Crippen LogP) is 3.82. The van der Waals surface area contributed by atoms with Gasteiger partial charge in [-0.15, -0.1) is 0 Å². The Morgan fingerprint density at radius 3 is 2.81 bits per heavy atom. The number of aromatic nitrogens is 1. The quantitative estimate of drug-likeness (QED) is 0.853. The Kier molecular flexibility index (Phi) is 5.33. The minimum atomic E-state index is -0.842. The molecule has 2 aromatic rings. The Hall–Kier alpha value is -2.72. The monoisotopic (exact) mass is 369 g/mol. The first-order valence-electron chi connectivity index (χ1n) is 8.49. The van der Waals surface area contributed by atoms with Crippen LogP contribution in [-0.4, -0.2) is 22.0 Å². The normalized spacial score (nSPS) is 19.5. The van der Waals surface area contributed by atoms with Gasteiger partial charge in [0.1, 0.15) is 16.6 Å². The van der Waals surface area contributed by atoms with Crippen molar-refractivity contribution in [1.82, 2.24) is 4.98 Å². The summed E-state index contributed by atoms with van der Waals surface area (Å²) in [5.74, 6) is -1.86. The lowest BCUT2D eigenvalue weighted by Gasteiger charge is -2.25. The van der Waals surface area contributed by atoms with Gasteiger partial charge in [-0.2, -0.15) is 5.26 Å². The molecule has 1 saturated carbocycles. The molecule has 6 nitrogen and oxygen atoms in total. The Balaban J connectivity index is 1.77. The maximum atomic E-state index is 12.5. The van der Waals surface area contributed by atoms with Gasteiger partial charge in [-0.1, -0.05) is 41.5 Å². The second-order valence-corrected chi connectivity index (χ2v) is 7.57. The smallest absolute Gasteiger partial charge is 0.306 e. The lowest BCUT2D eigenvalue weighted by molar-refractivity contribution is -0.143. The number of anilines is 1. The van der Waals surface area contributed by atoms with Crippen LogP contribution in [0.1, 0.15) is 36.1 Å². The number of nitrogens with one attached hydrogen (secondary N) is 1. The van der Waals surface area contributed by atoms with E-state index in [0.717, 1.165) is 28.9 Å². The number of carboxylic acid groups (broad SMARTS) is 1. The number of hydrogen-bond acceptors (Lipinski definition) is 5. The fourth-order valence-corrected chi connectivity index (χ4v) is 4.08. The number of nitrogens with zero attached hydrogens (tertiary/aromatic N) is 2. The summed E-state index contributed by atoms with van der Waals surface area (Å²) in [6, 6.07) is 9.83. The standard InChI is InChI=1S/C19H19N3O3S/c1-11-4-2-5-12(8-11)16-15(10-20)26-19(21-16)22-17(23)13-6-3-7-14(9-13)18(24)25/h2,4-5,8,13-14H,3,6-7,9H2,1H3,(H,24,25)(H,21,22,23)/t13-,14+/m1/s1. The summed E-state index contributed by atoms with van der Waals surface area (Å²) < 4.78 is 0. The van der Waals surface area contributed by atoms with E-state index in [1.54, 1.807) is 0 Å². The molecule has 1 aliphatic carbocycles. The summed E-state index contributed by atoms with van der Waals surface area (Å²) in [7, 11) is 0. The van der Waals surface area contributed by atoms with Crippen LogP contribution in [0.4, 0.5) is 5.13 Å². The molecule has 2 atom stereocenters. The molecule has 2 N–H and O–H groups in total. The Labute approximate surface area is 155 Å². The number of aliphatic carboxylic acids is 1. The van der Waals surface area contributed by atoms with E-state index in [9.17, 15) is 14.9 Å². The number of aryl methyl sites for hydroxylation is 1. The summed E-state index contributed by atoms with van der Waals surface area (Å²) in [4.78, 5) is 28.6. The van der Waals surface area contributed by atoms with E-state index in [4.69, 9.17) is 5.11 Å². The molecule has 0 saturated heterocycles. The summed E-state index contributed by atoms with van der Waals surface area (Å²) in [5.41, 5.74) is 2.46. The SMILES string of the molecule is Cc1cccc(-c2nc(NC(=O)[C@@H]3CCC[C@H](C(=O)O)C3)sc2C#N)c1. The van der Waals surface area contributed by atoms with E-state index >= 15 is 0 Å². The topological polar surface area (TPSA) is 103 Å². The third kappa shape index (κ3) is 3.92. The third-order valence-corrected chi connectivity index (χ3v) is 5.52. The van der Waals surface area contributed by atoms with E-state index in [1.165, 1.54) is 0 Å². The average Bonchev–Trinajstić information content (AvgIpc) is 3.04. The molecule has 0 unspecified atom stereocenters. The van der Waals surface area contributed by atoms with Crippen molar-refractivity contribution in [3.8, 4) is 17.3 Å². The number of rotatable bonds is 4. The highest BCUT2D eigenvalue weighted by molar-refractivity contribution is 7.16. The number of benzene rings is 1. The number of nitriles is 1. The van der Waals surface area contributed by atoms with Crippen molar-refractivity contribution in [1.29, 1.82) is 5.26 Å². The van der Waals surface area contributed by atoms with Crippen LogP contribution >= 0.6 is 11.3 Å². The lowest BCUT2D eigenvalue weighted by Crippen LogP contribution is -2.30. The summed E-state index contributed by atoms with van der Waals surface area (Å²) in [6.07, 6.45) is 2.37. The molecule has 1 heterocycles. The molecule has 3 rings (SSSR count). The molecule has 0 spiro atoms. The van der Waals surface area contributed by atoms with Gasteiger partial charge in [-0.3, -0.25) is 9.59 Å². The molecular weight excluding hydrogens is 350 g/mol.